The van der Waals surface area contributed by atoms with Crippen LogP contribution in [0.1, 0.15) is 26.7 Å². The van der Waals surface area contributed by atoms with Gasteiger partial charge in [0.2, 0.25) is 0 Å². The van der Waals surface area contributed by atoms with E-state index in [1.54, 1.807) is 0 Å². The van der Waals surface area contributed by atoms with Crippen LogP contribution in [-0.4, -0.2) is 29.3 Å². The molecule has 0 aromatic carbocycles. The summed E-state index contributed by atoms with van der Waals surface area (Å²) in [5, 5.41) is 6.37. The predicted octanol–water partition coefficient (Wildman–Crippen LogP) is 2.13. The Morgan fingerprint density at radius 3 is 2.53 bits per heavy atom. The molecular formula is C12H21IN2O2. The summed E-state index contributed by atoms with van der Waals surface area (Å²) in [4.78, 5) is 11.6. The topological polar surface area (TPSA) is 50.4 Å². The van der Waals surface area contributed by atoms with E-state index < -0.39 is 3.61 Å². The normalized spacial score (nSPS) is 32.3. The van der Waals surface area contributed by atoms with Crippen molar-refractivity contribution in [3.63, 3.8) is 0 Å². The zero-order valence-corrected chi connectivity index (χ0v) is 12.6. The molecule has 0 radical (unpaired) electrons. The van der Waals surface area contributed by atoms with E-state index in [2.05, 4.69) is 33.2 Å². The van der Waals surface area contributed by atoms with E-state index in [0.29, 0.717) is 5.92 Å². The van der Waals surface area contributed by atoms with Gasteiger partial charge in [-0.05, 0) is 80.1 Å². The second-order valence-electron chi connectivity index (χ2n) is 5.55. The number of rotatable bonds is 3. The molecular weight excluding hydrogens is 331 g/mol. The molecule has 1 saturated carbocycles. The standard InChI is InChI=1S/C12H21IN2O2/c1-12(2,13)17-11(16)15-7-10-8-3-4-9(10)6-14-5-8/h8-10,14H,3-7H2,1-2H3,(H,15,16). The Labute approximate surface area is 116 Å². The molecule has 1 aliphatic carbocycles. The molecule has 5 heteroatoms. The lowest BCUT2D eigenvalue weighted by Crippen LogP contribution is -2.44. The van der Waals surface area contributed by atoms with Crippen LogP contribution in [0.25, 0.3) is 0 Å². The highest BCUT2D eigenvalue weighted by atomic mass is 127. The Balaban J connectivity index is 1.77. The van der Waals surface area contributed by atoms with Gasteiger partial charge in [-0.1, -0.05) is 0 Å². The van der Waals surface area contributed by atoms with Crippen LogP contribution in [0.4, 0.5) is 4.79 Å². The van der Waals surface area contributed by atoms with Crippen LogP contribution in [0, 0.1) is 17.8 Å². The second kappa shape index (κ2) is 5.30. The van der Waals surface area contributed by atoms with Crippen LogP contribution in [-0.2, 0) is 4.74 Å². The number of hydrogen-bond donors (Lipinski definition) is 2. The maximum atomic E-state index is 11.6. The molecule has 4 nitrogen and oxygen atoms in total. The molecule has 2 rings (SSSR count). The molecule has 17 heavy (non-hydrogen) atoms. The molecule has 98 valence electrons. The number of halogens is 1. The first-order valence-corrected chi connectivity index (χ1v) is 7.40. The number of amides is 1. The van der Waals surface area contributed by atoms with Crippen LogP contribution < -0.4 is 10.6 Å². The van der Waals surface area contributed by atoms with Crippen molar-refractivity contribution in [2.24, 2.45) is 17.8 Å². The number of hydrogen-bond acceptors (Lipinski definition) is 3. The zero-order chi connectivity index (χ0) is 12.5. The van der Waals surface area contributed by atoms with Crippen LogP contribution in [0.2, 0.25) is 0 Å². The SMILES string of the molecule is CC(C)(I)OC(=O)NCC1C2CCC1CNC2. The minimum Gasteiger partial charge on any atom is -0.433 e. The first-order chi connectivity index (χ1) is 7.96. The van der Waals surface area contributed by atoms with Crippen molar-refractivity contribution >= 4 is 28.7 Å². The summed E-state index contributed by atoms with van der Waals surface area (Å²) < 4.78 is 4.81. The average Bonchev–Trinajstić information content (AvgIpc) is 2.44. The van der Waals surface area contributed by atoms with Gasteiger partial charge in [-0.3, -0.25) is 0 Å². The third-order valence-corrected chi connectivity index (χ3v) is 3.97. The monoisotopic (exact) mass is 352 g/mol. The average molecular weight is 352 g/mol. The lowest BCUT2D eigenvalue weighted by molar-refractivity contribution is 0.103. The molecule has 1 saturated heterocycles. The predicted molar refractivity (Wildman–Crippen MR) is 75.2 cm³/mol. The minimum atomic E-state index is -0.436. The van der Waals surface area contributed by atoms with E-state index in [4.69, 9.17) is 4.74 Å². The summed E-state index contributed by atoms with van der Waals surface area (Å²) in [5.74, 6) is 2.12. The Kier molecular flexibility index (Phi) is 4.18. The smallest absolute Gasteiger partial charge is 0.408 e. The molecule has 0 aromatic heterocycles. The minimum absolute atomic E-state index is 0.290. The lowest BCUT2D eigenvalue weighted by atomic mass is 9.86. The van der Waals surface area contributed by atoms with Gasteiger partial charge in [-0.2, -0.15) is 0 Å². The zero-order valence-electron chi connectivity index (χ0n) is 10.5. The van der Waals surface area contributed by atoms with Crippen molar-refractivity contribution in [1.82, 2.24) is 10.6 Å². The number of carbonyl (C=O) groups is 1. The highest BCUT2D eigenvalue weighted by Gasteiger charge is 2.38. The van der Waals surface area contributed by atoms with Crippen molar-refractivity contribution in [3.8, 4) is 0 Å². The molecule has 2 atom stereocenters. The van der Waals surface area contributed by atoms with Crippen molar-refractivity contribution in [3.05, 3.63) is 0 Å². The number of nitrogens with one attached hydrogen (secondary N) is 2. The lowest BCUT2D eigenvalue weighted by Gasteiger charge is -2.31. The summed E-state index contributed by atoms with van der Waals surface area (Å²) in [6.45, 7) is 6.73. The number of alkyl halides is 1. The van der Waals surface area contributed by atoms with Crippen LogP contribution >= 0.6 is 22.6 Å². The van der Waals surface area contributed by atoms with Gasteiger partial charge in [0.05, 0.1) is 0 Å². The Bertz CT molecular complexity index is 275. The first-order valence-electron chi connectivity index (χ1n) is 6.32. The van der Waals surface area contributed by atoms with Crippen molar-refractivity contribution in [2.45, 2.75) is 30.3 Å². The van der Waals surface area contributed by atoms with Crippen molar-refractivity contribution < 1.29 is 9.53 Å². The molecule has 0 aromatic rings. The summed E-state index contributed by atoms with van der Waals surface area (Å²) in [5.41, 5.74) is 0. The third-order valence-electron chi connectivity index (χ3n) is 3.75. The summed E-state index contributed by atoms with van der Waals surface area (Å²) in [7, 11) is 0. The van der Waals surface area contributed by atoms with Crippen LogP contribution in [0.15, 0.2) is 0 Å². The van der Waals surface area contributed by atoms with Gasteiger partial charge in [0.15, 0.2) is 3.61 Å². The highest BCUT2D eigenvalue weighted by Crippen LogP contribution is 2.38. The number of piperidine rings is 1. The van der Waals surface area contributed by atoms with Gasteiger partial charge in [-0.25, -0.2) is 4.79 Å². The Morgan fingerprint density at radius 2 is 2.00 bits per heavy atom. The van der Waals surface area contributed by atoms with Crippen molar-refractivity contribution in [1.29, 1.82) is 0 Å². The first kappa shape index (κ1) is 13.4. The number of alkyl carbamates (subject to hydrolysis) is 1. The molecule has 2 N–H and O–H groups in total. The maximum absolute atomic E-state index is 11.6. The van der Waals surface area contributed by atoms with Gasteiger partial charge >= 0.3 is 6.09 Å². The van der Waals surface area contributed by atoms with E-state index in [0.717, 1.165) is 31.5 Å². The van der Waals surface area contributed by atoms with Gasteiger partial charge in [-0.15, -0.1) is 0 Å². The molecule has 2 unspecified atom stereocenters. The number of fused-ring (bicyclic) bond motifs is 2. The maximum Gasteiger partial charge on any atom is 0.408 e. The quantitative estimate of drug-likeness (QED) is 0.604. The van der Waals surface area contributed by atoms with Crippen LogP contribution in [0.3, 0.4) is 0 Å². The highest BCUT2D eigenvalue weighted by molar-refractivity contribution is 14.1. The van der Waals surface area contributed by atoms with Gasteiger partial charge in [0.1, 0.15) is 0 Å². The van der Waals surface area contributed by atoms with E-state index in [1.165, 1.54) is 12.8 Å². The molecule has 2 fully saturated rings. The van der Waals surface area contributed by atoms with E-state index >= 15 is 0 Å². The fourth-order valence-electron chi connectivity index (χ4n) is 2.99. The fourth-order valence-corrected chi connectivity index (χ4v) is 3.19. The summed E-state index contributed by atoms with van der Waals surface area (Å²) in [6.07, 6.45) is 2.32. The van der Waals surface area contributed by atoms with Gasteiger partial charge in [0.25, 0.3) is 0 Å². The van der Waals surface area contributed by atoms with E-state index in [9.17, 15) is 4.79 Å². The second-order valence-corrected chi connectivity index (χ2v) is 8.15. The summed E-state index contributed by atoms with van der Waals surface area (Å²) >= 11 is 2.11. The summed E-state index contributed by atoms with van der Waals surface area (Å²) in [6, 6.07) is 0. The van der Waals surface area contributed by atoms with E-state index in [1.807, 2.05) is 13.8 Å². The Hall–Kier alpha value is -0.0400. The molecule has 2 bridgehead atoms. The molecule has 1 heterocycles. The third kappa shape index (κ3) is 3.71. The van der Waals surface area contributed by atoms with Crippen LogP contribution in [0.5, 0.6) is 0 Å². The molecule has 2 aliphatic rings. The Morgan fingerprint density at radius 1 is 1.41 bits per heavy atom. The molecule has 1 amide bonds. The van der Waals surface area contributed by atoms with Gasteiger partial charge < -0.3 is 15.4 Å². The number of ether oxygens (including phenoxy) is 1. The molecule has 0 spiro atoms. The van der Waals surface area contributed by atoms with Crippen molar-refractivity contribution in [2.75, 3.05) is 19.6 Å². The van der Waals surface area contributed by atoms with Gasteiger partial charge in [0, 0.05) is 6.54 Å². The largest absolute Gasteiger partial charge is 0.433 e. The molecule has 1 aliphatic heterocycles. The van der Waals surface area contributed by atoms with E-state index in [-0.39, 0.29) is 6.09 Å². The number of carbonyl (C=O) groups excluding carboxylic acids is 1. The fraction of sp³-hybridized carbons (Fsp3) is 0.917.